The van der Waals surface area contributed by atoms with E-state index >= 15 is 0 Å². The highest BCUT2D eigenvalue weighted by atomic mass is 32.2. The molecule has 0 aromatic rings. The van der Waals surface area contributed by atoms with E-state index in [0.717, 1.165) is 57.2 Å². The van der Waals surface area contributed by atoms with Crippen LogP contribution < -0.4 is 0 Å². The minimum atomic E-state index is -1.81. The Hall–Kier alpha value is -4.88. The number of carbonyl (C=O) groups excluding carboxylic acids is 8. The van der Waals surface area contributed by atoms with Gasteiger partial charge in [0.1, 0.15) is 6.61 Å². The average Bonchev–Trinajstić information content (AvgIpc) is 0.999. The van der Waals surface area contributed by atoms with Crippen molar-refractivity contribution in [2.24, 2.45) is 17.8 Å². The quantitative estimate of drug-likeness (QED) is 0.00419. The number of carbonyl (C=O) groups is 6. The van der Waals surface area contributed by atoms with Crippen LogP contribution in [0.5, 0.6) is 0 Å². The summed E-state index contributed by atoms with van der Waals surface area (Å²) in [6.07, 6.45) is 2.68. The van der Waals surface area contributed by atoms with Gasteiger partial charge in [0.2, 0.25) is 0 Å². The Kier molecular flexibility index (Phi) is 85.5. The standard InChI is InChI=1S/C13H20O6S.2C9H16O5S.C8H10O3.3C7H18O3Si.C3H6.CO2/c1-8(2)12(16)18-5-11(15)7-20-6-9(3)13(17)19-10(4)14;2*1-6(9(13)14-7(2)11)4-15-5-8(12)3-10;1-5(2)7(9)11-8(10)6(3)4;3*1-8-6-5-7-11(4,9-2)10-3;1-3-2;2-1-3/h9,11,14-15H,1,4-7H2,2-3H3;2*6,8,10-12H,2-5H2,1H3;1,3H2,2,4H3;3*5-7H2,1-4H3;3H,1H2,2H3;. The van der Waals surface area contributed by atoms with Gasteiger partial charge in [0, 0.05) is 135 Å². The van der Waals surface area contributed by atoms with E-state index in [1.165, 1.54) is 56.1 Å². The maximum absolute atomic E-state index is 11.3. The molecule has 0 rings (SSSR count). The Morgan fingerprint density at radius 2 is 0.660 bits per heavy atom. The molecule has 0 saturated carbocycles. The lowest BCUT2D eigenvalue weighted by atomic mass is 10.2. The number of methoxy groups -OCH3 is 3. The molecule has 30 nitrogen and oxygen atoms in total. The van der Waals surface area contributed by atoms with Gasteiger partial charge in [0.15, 0.2) is 0 Å². The molecule has 36 heteroatoms. The lowest BCUT2D eigenvalue weighted by Gasteiger charge is -2.22. The minimum Gasteiger partial charge on any atom is -0.481 e. The number of thioether (sulfide) groups is 3. The maximum atomic E-state index is 11.3. The van der Waals surface area contributed by atoms with E-state index in [9.17, 15) is 33.9 Å². The van der Waals surface area contributed by atoms with E-state index in [4.69, 9.17) is 90.8 Å². The molecule has 0 aliphatic heterocycles. The molecule has 0 spiro atoms. The zero-order valence-electron chi connectivity index (χ0n) is 62.5. The number of rotatable bonds is 43. The van der Waals surface area contributed by atoms with Gasteiger partial charge in [-0.25, -0.2) is 14.4 Å². The number of allylic oxidation sites excluding steroid dienone is 1. The second kappa shape index (κ2) is 75.3. The van der Waals surface area contributed by atoms with Gasteiger partial charge in [0.25, 0.3) is 17.8 Å². The van der Waals surface area contributed by atoms with Crippen LogP contribution in [0.15, 0.2) is 86.7 Å². The molecule has 0 aliphatic rings. The van der Waals surface area contributed by atoms with E-state index in [1.54, 1.807) is 90.8 Å². The predicted octanol–water partition coefficient (Wildman–Crippen LogP) is 7.95. The molecule has 100 heavy (non-hydrogen) atoms. The van der Waals surface area contributed by atoms with Crippen molar-refractivity contribution >= 4 is 103 Å². The van der Waals surface area contributed by atoms with E-state index in [-0.39, 0.29) is 42.7 Å². The smallest absolute Gasteiger partial charge is 0.373 e. The van der Waals surface area contributed by atoms with Crippen molar-refractivity contribution in [2.45, 2.75) is 124 Å². The Bertz CT molecular complexity index is 2120. The number of ether oxygens (including phenoxy) is 8. The van der Waals surface area contributed by atoms with Gasteiger partial charge in [-0.2, -0.15) is 44.9 Å². The summed E-state index contributed by atoms with van der Waals surface area (Å²) in [4.78, 5) is 82.3. The van der Waals surface area contributed by atoms with Crippen molar-refractivity contribution < 1.29 is 144 Å². The van der Waals surface area contributed by atoms with Crippen LogP contribution in [0.2, 0.25) is 37.8 Å². The first-order valence-corrected chi connectivity index (χ1v) is 41.6. The Morgan fingerprint density at radius 1 is 0.440 bits per heavy atom. The second-order valence-electron chi connectivity index (χ2n) is 21.1. The molecule has 0 radical (unpaired) electrons. The van der Waals surface area contributed by atoms with Crippen molar-refractivity contribution in [3.05, 3.63) is 86.7 Å². The van der Waals surface area contributed by atoms with Crippen molar-refractivity contribution in [1.29, 1.82) is 0 Å². The zero-order chi connectivity index (χ0) is 80.1. The van der Waals surface area contributed by atoms with Crippen LogP contribution in [0, 0.1) is 17.8 Å². The fourth-order valence-corrected chi connectivity index (χ4v) is 12.3. The number of aliphatic hydroxyl groups is 8. The molecular weight excluding hydrogens is 1430 g/mol. The molecule has 0 saturated heterocycles. The molecule has 0 heterocycles. The Morgan fingerprint density at radius 3 is 0.840 bits per heavy atom. The summed E-state index contributed by atoms with van der Waals surface area (Å²) in [5.74, 6) is -4.49. The van der Waals surface area contributed by atoms with Gasteiger partial charge < -0.3 is 105 Å². The summed E-state index contributed by atoms with van der Waals surface area (Å²) in [7, 11) is 9.94. The van der Waals surface area contributed by atoms with Crippen LogP contribution >= 0.6 is 35.3 Å². The monoisotopic (exact) mass is 1550 g/mol. The van der Waals surface area contributed by atoms with Gasteiger partial charge in [-0.3, -0.25) is 14.4 Å². The van der Waals surface area contributed by atoms with Crippen molar-refractivity contribution in [2.75, 3.05) is 138 Å². The lowest BCUT2D eigenvalue weighted by Crippen LogP contribution is -2.36. The maximum Gasteiger partial charge on any atom is 0.373 e. The van der Waals surface area contributed by atoms with Crippen LogP contribution in [-0.2, 0) is 103 Å². The SMILES string of the molecule is C=C(C)C(=O)OC(=O)C(=C)C.C=C(O)OC(=O)C(C)CSCC(O)CO.C=C(O)OC(=O)C(C)CSCC(O)CO.C=C(O)OC(=O)C(C)CSCC(O)COC(=O)C(=C)C.C=CC.COCCC[Si](C)(OC)OC.COCCC[Si](C)(OC)OC.COCCC[Si](C)(OC)OC.O=C=O. The van der Waals surface area contributed by atoms with E-state index < -0.39 is 115 Å². The van der Waals surface area contributed by atoms with Crippen LogP contribution in [0.3, 0.4) is 0 Å². The van der Waals surface area contributed by atoms with Gasteiger partial charge in [-0.1, -0.05) is 46.6 Å². The van der Waals surface area contributed by atoms with Crippen molar-refractivity contribution in [3.63, 3.8) is 0 Å². The van der Waals surface area contributed by atoms with E-state index in [1.807, 2.05) is 6.92 Å². The molecule has 588 valence electrons. The number of aliphatic hydroxyl groups excluding tert-OH is 8. The normalized spacial score (nSPS) is 12.0. The highest BCUT2D eigenvalue weighted by Crippen LogP contribution is 2.18. The highest BCUT2D eigenvalue weighted by molar-refractivity contribution is 7.99. The second-order valence-corrected chi connectivity index (χ2v) is 35.1. The summed E-state index contributed by atoms with van der Waals surface area (Å²) >= 11 is 3.96. The molecule has 0 bridgehead atoms. The van der Waals surface area contributed by atoms with E-state index in [0.29, 0.717) is 34.5 Å². The van der Waals surface area contributed by atoms with Crippen molar-refractivity contribution in [1.82, 2.24) is 0 Å². The summed E-state index contributed by atoms with van der Waals surface area (Å²) in [5.41, 5.74) is 0.657. The molecular formula is C64H122O30S3Si3. The molecule has 0 aromatic carbocycles. The van der Waals surface area contributed by atoms with E-state index in [2.05, 4.69) is 84.6 Å². The van der Waals surface area contributed by atoms with Crippen LogP contribution in [0.1, 0.15) is 67.7 Å². The topological polar surface area (TPSA) is 428 Å². The molecule has 0 fully saturated rings. The number of esters is 6. The molecule has 0 aliphatic carbocycles. The molecule has 8 N–H and O–H groups in total. The first-order chi connectivity index (χ1) is 46.5. The highest BCUT2D eigenvalue weighted by Gasteiger charge is 2.29. The third kappa shape index (κ3) is 82.1. The number of hydrogen-bond acceptors (Lipinski definition) is 33. The largest absolute Gasteiger partial charge is 0.481 e. The fraction of sp³-hybridized carbons (Fsp3) is 0.672. The summed E-state index contributed by atoms with van der Waals surface area (Å²) < 4.78 is 68.9. The van der Waals surface area contributed by atoms with Gasteiger partial charge in [-0.15, -0.1) is 6.58 Å². The molecule has 6 unspecified atom stereocenters. The first kappa shape index (κ1) is 114. The molecule has 0 aromatic heterocycles. The van der Waals surface area contributed by atoms with Crippen LogP contribution in [0.4, 0.5) is 0 Å². The summed E-state index contributed by atoms with van der Waals surface area (Å²) in [5, 5.41) is 70.6. The van der Waals surface area contributed by atoms with Crippen molar-refractivity contribution in [3.8, 4) is 0 Å². The number of hydrogen-bond donors (Lipinski definition) is 8. The Labute approximate surface area is 609 Å². The summed E-state index contributed by atoms with van der Waals surface area (Å²) in [6.45, 7) is 41.6. The van der Waals surface area contributed by atoms with Crippen LogP contribution in [0.25, 0.3) is 0 Å². The summed E-state index contributed by atoms with van der Waals surface area (Å²) in [6, 6.07) is 2.98. The van der Waals surface area contributed by atoms with Crippen LogP contribution in [-0.4, -0.2) is 265 Å². The average molecular weight is 1550 g/mol. The molecule has 6 atom stereocenters. The lowest BCUT2D eigenvalue weighted by molar-refractivity contribution is -0.192. The van der Waals surface area contributed by atoms with Gasteiger partial charge in [0.05, 0.1) is 49.3 Å². The molecule has 0 amide bonds. The third-order valence-corrected chi connectivity index (χ3v) is 24.5. The Balaban J connectivity index is -0.000000137. The predicted molar refractivity (Wildman–Crippen MR) is 393 cm³/mol. The minimum absolute atomic E-state index is 0.120. The third-order valence-electron chi connectivity index (χ3n) is 11.5. The fourth-order valence-electron chi connectivity index (χ4n) is 5.18. The zero-order valence-corrected chi connectivity index (χ0v) is 68.0. The first-order valence-electron chi connectivity index (χ1n) is 30.5. The van der Waals surface area contributed by atoms with Gasteiger partial charge >= 0.3 is 67.7 Å². The van der Waals surface area contributed by atoms with Gasteiger partial charge in [-0.05, 0) is 104 Å².